The molecular formula is C14H17F3N4O2. The number of amides is 2. The van der Waals surface area contributed by atoms with Crippen LogP contribution in [0.15, 0.2) is 28.9 Å². The van der Waals surface area contributed by atoms with E-state index in [-0.39, 0.29) is 24.0 Å². The van der Waals surface area contributed by atoms with Crippen LogP contribution in [0.5, 0.6) is 0 Å². The van der Waals surface area contributed by atoms with Gasteiger partial charge in [0, 0.05) is 6.04 Å². The van der Waals surface area contributed by atoms with Crippen LogP contribution in [0.25, 0.3) is 11.5 Å². The number of hydrogen-bond donors (Lipinski definition) is 2. The van der Waals surface area contributed by atoms with Crippen molar-refractivity contribution in [2.75, 3.05) is 0 Å². The monoisotopic (exact) mass is 330 g/mol. The molecule has 2 amide bonds. The fourth-order valence-electron chi connectivity index (χ4n) is 1.95. The first kappa shape index (κ1) is 16.9. The van der Waals surface area contributed by atoms with Gasteiger partial charge in [0.15, 0.2) is 5.76 Å². The molecular weight excluding hydrogens is 313 g/mol. The van der Waals surface area contributed by atoms with E-state index in [0.29, 0.717) is 5.69 Å². The number of nitrogens with zero attached hydrogens (tertiary/aromatic N) is 2. The molecule has 9 heteroatoms. The third-order valence-corrected chi connectivity index (χ3v) is 2.78. The standard InChI is InChI=1S/C14H17F3N4O2/c1-9(2)19-13(22)18-7-10-6-11(12-4-3-5-23-12)21(20-10)8-14(15,16)17/h3-6,9H,7-8H2,1-2H3,(H2,18,19,22). The summed E-state index contributed by atoms with van der Waals surface area (Å²) < 4.78 is 43.9. The van der Waals surface area contributed by atoms with Crippen molar-refractivity contribution >= 4 is 6.03 Å². The first-order valence-corrected chi connectivity index (χ1v) is 6.96. The van der Waals surface area contributed by atoms with Crippen LogP contribution in [0.4, 0.5) is 18.0 Å². The summed E-state index contributed by atoms with van der Waals surface area (Å²) in [6.07, 6.45) is -3.04. The number of alkyl halides is 3. The van der Waals surface area contributed by atoms with E-state index >= 15 is 0 Å². The van der Waals surface area contributed by atoms with Gasteiger partial charge in [0.05, 0.1) is 18.5 Å². The van der Waals surface area contributed by atoms with E-state index in [1.165, 1.54) is 12.3 Å². The summed E-state index contributed by atoms with van der Waals surface area (Å²) in [5.41, 5.74) is 0.507. The van der Waals surface area contributed by atoms with Gasteiger partial charge in [-0.2, -0.15) is 18.3 Å². The van der Waals surface area contributed by atoms with Crippen molar-refractivity contribution in [3.05, 3.63) is 30.2 Å². The number of carbonyl (C=O) groups is 1. The number of furan rings is 1. The SMILES string of the molecule is CC(C)NC(=O)NCc1cc(-c2ccco2)n(CC(F)(F)F)n1. The minimum absolute atomic E-state index is 0.0110. The van der Waals surface area contributed by atoms with Crippen LogP contribution in [0.3, 0.4) is 0 Å². The van der Waals surface area contributed by atoms with Crippen molar-refractivity contribution in [3.8, 4) is 11.5 Å². The number of carbonyl (C=O) groups excluding carboxylic acids is 1. The Balaban J connectivity index is 2.15. The minimum Gasteiger partial charge on any atom is -0.463 e. The molecule has 0 aromatic carbocycles. The van der Waals surface area contributed by atoms with Crippen LogP contribution < -0.4 is 10.6 Å². The number of nitrogens with one attached hydrogen (secondary N) is 2. The Kier molecular flexibility index (Phi) is 4.97. The second kappa shape index (κ2) is 6.76. The molecule has 0 radical (unpaired) electrons. The highest BCUT2D eigenvalue weighted by atomic mass is 19.4. The summed E-state index contributed by atoms with van der Waals surface area (Å²) in [7, 11) is 0. The molecule has 23 heavy (non-hydrogen) atoms. The molecule has 0 aliphatic rings. The molecule has 2 N–H and O–H groups in total. The molecule has 0 bridgehead atoms. The van der Waals surface area contributed by atoms with Gasteiger partial charge >= 0.3 is 12.2 Å². The molecule has 126 valence electrons. The van der Waals surface area contributed by atoms with Gasteiger partial charge in [-0.15, -0.1) is 0 Å². The Morgan fingerprint density at radius 2 is 2.17 bits per heavy atom. The van der Waals surface area contributed by atoms with E-state index < -0.39 is 18.8 Å². The highest BCUT2D eigenvalue weighted by molar-refractivity contribution is 5.74. The molecule has 0 saturated heterocycles. The zero-order valence-electron chi connectivity index (χ0n) is 12.6. The van der Waals surface area contributed by atoms with Crippen LogP contribution in [0.1, 0.15) is 19.5 Å². The average molecular weight is 330 g/mol. The van der Waals surface area contributed by atoms with Crippen LogP contribution >= 0.6 is 0 Å². The topological polar surface area (TPSA) is 72.1 Å². The third-order valence-electron chi connectivity index (χ3n) is 2.78. The molecule has 2 aromatic rings. The second-order valence-corrected chi connectivity index (χ2v) is 5.25. The van der Waals surface area contributed by atoms with Crippen LogP contribution in [0, 0.1) is 0 Å². The summed E-state index contributed by atoms with van der Waals surface area (Å²) in [6.45, 7) is 2.37. The van der Waals surface area contributed by atoms with Crippen molar-refractivity contribution in [3.63, 3.8) is 0 Å². The van der Waals surface area contributed by atoms with Gasteiger partial charge in [-0.25, -0.2) is 4.79 Å². The van der Waals surface area contributed by atoms with Crippen LogP contribution in [-0.2, 0) is 13.1 Å². The number of hydrogen-bond acceptors (Lipinski definition) is 3. The predicted octanol–water partition coefficient (Wildman–Crippen LogP) is 2.91. The van der Waals surface area contributed by atoms with Gasteiger partial charge < -0.3 is 15.1 Å². The number of halogens is 3. The molecule has 0 spiro atoms. The van der Waals surface area contributed by atoms with Crippen LogP contribution in [0.2, 0.25) is 0 Å². The average Bonchev–Trinajstić information content (AvgIpc) is 3.02. The lowest BCUT2D eigenvalue weighted by molar-refractivity contribution is -0.142. The largest absolute Gasteiger partial charge is 0.463 e. The van der Waals surface area contributed by atoms with E-state index in [2.05, 4.69) is 15.7 Å². The molecule has 0 aliphatic carbocycles. The molecule has 0 aliphatic heterocycles. The molecule has 6 nitrogen and oxygen atoms in total. The van der Waals surface area contributed by atoms with E-state index in [4.69, 9.17) is 4.42 Å². The molecule has 0 fully saturated rings. The highest BCUT2D eigenvalue weighted by Gasteiger charge is 2.30. The van der Waals surface area contributed by atoms with Gasteiger partial charge in [0.25, 0.3) is 0 Å². The number of rotatable bonds is 5. The van der Waals surface area contributed by atoms with E-state index in [0.717, 1.165) is 4.68 Å². The number of urea groups is 1. The summed E-state index contributed by atoms with van der Waals surface area (Å²) in [5.74, 6) is 0.277. The van der Waals surface area contributed by atoms with Gasteiger partial charge in [-0.05, 0) is 32.0 Å². The summed E-state index contributed by atoms with van der Waals surface area (Å²) in [4.78, 5) is 11.5. The van der Waals surface area contributed by atoms with Crippen molar-refractivity contribution in [2.45, 2.75) is 39.2 Å². The smallest absolute Gasteiger partial charge is 0.408 e. The lowest BCUT2D eigenvalue weighted by atomic mass is 10.3. The summed E-state index contributed by atoms with van der Waals surface area (Å²) >= 11 is 0. The van der Waals surface area contributed by atoms with E-state index in [9.17, 15) is 18.0 Å². The van der Waals surface area contributed by atoms with Crippen molar-refractivity contribution < 1.29 is 22.4 Å². The number of aromatic nitrogens is 2. The Hall–Kier alpha value is -2.45. The Morgan fingerprint density at radius 3 is 2.74 bits per heavy atom. The van der Waals surface area contributed by atoms with Crippen molar-refractivity contribution in [1.29, 1.82) is 0 Å². The molecule has 0 saturated carbocycles. The maximum Gasteiger partial charge on any atom is 0.408 e. The van der Waals surface area contributed by atoms with Crippen molar-refractivity contribution in [2.24, 2.45) is 0 Å². The van der Waals surface area contributed by atoms with Crippen LogP contribution in [-0.4, -0.2) is 28.0 Å². The Bertz CT molecular complexity index is 648. The second-order valence-electron chi connectivity index (χ2n) is 5.25. The minimum atomic E-state index is -4.41. The first-order valence-electron chi connectivity index (χ1n) is 6.96. The molecule has 2 heterocycles. The van der Waals surface area contributed by atoms with E-state index in [1.54, 1.807) is 26.0 Å². The molecule has 0 unspecified atom stereocenters. The fourth-order valence-corrected chi connectivity index (χ4v) is 1.95. The normalized spacial score (nSPS) is 11.7. The van der Waals surface area contributed by atoms with Gasteiger partial charge in [-0.1, -0.05) is 0 Å². The molecule has 2 rings (SSSR count). The maximum atomic E-state index is 12.7. The Morgan fingerprint density at radius 1 is 1.43 bits per heavy atom. The summed E-state index contributed by atoms with van der Waals surface area (Å²) in [6, 6.07) is 4.13. The zero-order valence-corrected chi connectivity index (χ0v) is 12.6. The Labute approximate surface area is 130 Å². The van der Waals surface area contributed by atoms with Gasteiger partial charge in [0.2, 0.25) is 0 Å². The predicted molar refractivity (Wildman–Crippen MR) is 76.5 cm³/mol. The molecule has 0 atom stereocenters. The lowest BCUT2D eigenvalue weighted by Crippen LogP contribution is -2.39. The third kappa shape index (κ3) is 5.04. The summed E-state index contributed by atoms with van der Waals surface area (Å²) in [5, 5.41) is 9.06. The quantitative estimate of drug-likeness (QED) is 0.885. The molecule has 2 aromatic heterocycles. The fraction of sp³-hybridized carbons (Fsp3) is 0.429. The first-order chi connectivity index (χ1) is 10.7. The zero-order chi connectivity index (χ0) is 17.0. The van der Waals surface area contributed by atoms with Gasteiger partial charge in [-0.3, -0.25) is 4.68 Å². The lowest BCUT2D eigenvalue weighted by Gasteiger charge is -2.09. The highest BCUT2D eigenvalue weighted by Crippen LogP contribution is 2.25. The van der Waals surface area contributed by atoms with Gasteiger partial charge in [0.1, 0.15) is 12.2 Å². The van der Waals surface area contributed by atoms with Crippen molar-refractivity contribution in [1.82, 2.24) is 20.4 Å². The maximum absolute atomic E-state index is 12.7. The van der Waals surface area contributed by atoms with E-state index in [1.807, 2.05) is 0 Å².